The summed E-state index contributed by atoms with van der Waals surface area (Å²) in [6.45, 7) is 0. The second kappa shape index (κ2) is 6.68. The van der Waals surface area contributed by atoms with E-state index < -0.39 is 0 Å². The highest BCUT2D eigenvalue weighted by molar-refractivity contribution is 7.07. The van der Waals surface area contributed by atoms with Gasteiger partial charge in [-0.25, -0.2) is 4.68 Å². The molecule has 3 rings (SSSR count). The Kier molecular flexibility index (Phi) is 4.46. The Hall–Kier alpha value is -2.24. The molecule has 3 aromatic rings. The fourth-order valence-corrected chi connectivity index (χ4v) is 2.88. The fraction of sp³-hybridized carbons (Fsp3) is 0.0625. The number of nitrogens with zero attached hydrogens (tertiary/aromatic N) is 4. The van der Waals surface area contributed by atoms with Crippen molar-refractivity contribution in [1.82, 2.24) is 9.66 Å². The summed E-state index contributed by atoms with van der Waals surface area (Å²) >= 11 is 7.49. The number of benzene rings is 1. The molecule has 0 N–H and O–H groups in total. The van der Waals surface area contributed by atoms with Gasteiger partial charge in [0.15, 0.2) is 0 Å². The summed E-state index contributed by atoms with van der Waals surface area (Å²) in [6.07, 6.45) is 3.46. The average molecular weight is 329 g/mol. The molecule has 0 radical (unpaired) electrons. The maximum Gasteiger partial charge on any atom is 0.205 e. The molecule has 0 spiro atoms. The number of hydrogen-bond donors (Lipinski definition) is 0. The van der Waals surface area contributed by atoms with Gasteiger partial charge in [0.2, 0.25) is 4.80 Å². The van der Waals surface area contributed by atoms with Crippen molar-refractivity contribution in [2.24, 2.45) is 10.1 Å². The Bertz CT molecular complexity index is 848. The lowest BCUT2D eigenvalue weighted by Gasteiger charge is -2.03. The number of pyridine rings is 1. The molecular formula is C16H13ClN4S. The minimum Gasteiger partial charge on any atom is -0.261 e. The van der Waals surface area contributed by atoms with E-state index in [4.69, 9.17) is 11.6 Å². The lowest BCUT2D eigenvalue weighted by molar-refractivity contribution is 0.847. The van der Waals surface area contributed by atoms with Gasteiger partial charge in [-0.05, 0) is 24.3 Å². The van der Waals surface area contributed by atoms with Crippen LogP contribution in [0.5, 0.6) is 0 Å². The number of halogens is 1. The van der Waals surface area contributed by atoms with Gasteiger partial charge in [-0.3, -0.25) is 9.98 Å². The topological polar surface area (TPSA) is 42.5 Å². The third-order valence-corrected chi connectivity index (χ3v) is 4.17. The quantitative estimate of drug-likeness (QED) is 0.676. The summed E-state index contributed by atoms with van der Waals surface area (Å²) in [5, 5.41) is 7.26. The maximum absolute atomic E-state index is 5.95. The maximum atomic E-state index is 5.95. The zero-order valence-corrected chi connectivity index (χ0v) is 13.4. The standard InChI is InChI=1S/C16H13ClN4S/c1-18-16-21(20-10-14-4-2-3-9-19-14)15(11-22-16)12-5-7-13(17)8-6-12/h2-11H,1H3/b18-16?,20-10+. The highest BCUT2D eigenvalue weighted by Crippen LogP contribution is 2.22. The van der Waals surface area contributed by atoms with Crippen molar-refractivity contribution in [3.8, 4) is 11.3 Å². The van der Waals surface area contributed by atoms with Gasteiger partial charge in [0.25, 0.3) is 0 Å². The minimum absolute atomic E-state index is 0.711. The molecule has 1 aromatic carbocycles. The molecule has 22 heavy (non-hydrogen) atoms. The highest BCUT2D eigenvalue weighted by Gasteiger charge is 2.06. The SMILES string of the molecule is CN=c1scc(-c2ccc(Cl)cc2)n1/N=C/c1ccccn1. The van der Waals surface area contributed by atoms with Crippen LogP contribution in [0.1, 0.15) is 5.69 Å². The molecule has 0 fully saturated rings. The third kappa shape index (κ3) is 3.16. The van der Waals surface area contributed by atoms with Crippen molar-refractivity contribution < 1.29 is 0 Å². The minimum atomic E-state index is 0.711. The van der Waals surface area contributed by atoms with Crippen molar-refractivity contribution in [3.05, 3.63) is 69.6 Å². The molecule has 4 nitrogen and oxygen atoms in total. The molecule has 0 bridgehead atoms. The van der Waals surface area contributed by atoms with E-state index in [-0.39, 0.29) is 0 Å². The van der Waals surface area contributed by atoms with Crippen LogP contribution >= 0.6 is 22.9 Å². The zero-order chi connectivity index (χ0) is 15.4. The van der Waals surface area contributed by atoms with Gasteiger partial charge in [0, 0.05) is 29.2 Å². The first-order valence-electron chi connectivity index (χ1n) is 6.62. The van der Waals surface area contributed by atoms with E-state index in [1.54, 1.807) is 19.5 Å². The first-order valence-corrected chi connectivity index (χ1v) is 7.88. The number of aromatic nitrogens is 2. The Morgan fingerprint density at radius 2 is 2.00 bits per heavy atom. The van der Waals surface area contributed by atoms with Crippen LogP contribution < -0.4 is 4.80 Å². The molecule has 0 aliphatic rings. The van der Waals surface area contributed by atoms with E-state index in [2.05, 4.69) is 15.1 Å². The number of rotatable bonds is 3. The van der Waals surface area contributed by atoms with Gasteiger partial charge in [0.1, 0.15) is 0 Å². The lowest BCUT2D eigenvalue weighted by atomic mass is 10.2. The molecule has 0 saturated carbocycles. The zero-order valence-electron chi connectivity index (χ0n) is 11.8. The van der Waals surface area contributed by atoms with Crippen molar-refractivity contribution in [1.29, 1.82) is 0 Å². The molecular weight excluding hydrogens is 316 g/mol. The van der Waals surface area contributed by atoms with Crippen LogP contribution in [-0.2, 0) is 0 Å². The predicted octanol–water partition coefficient (Wildman–Crippen LogP) is 3.68. The molecule has 0 amide bonds. The smallest absolute Gasteiger partial charge is 0.205 e. The molecule has 110 valence electrons. The normalized spacial score (nSPS) is 12.2. The molecule has 2 aromatic heterocycles. The van der Waals surface area contributed by atoms with Crippen LogP contribution in [0.4, 0.5) is 0 Å². The monoisotopic (exact) mass is 328 g/mol. The van der Waals surface area contributed by atoms with E-state index in [0.717, 1.165) is 21.8 Å². The van der Waals surface area contributed by atoms with Gasteiger partial charge in [0.05, 0.1) is 17.6 Å². The first-order chi connectivity index (χ1) is 10.8. The third-order valence-electron chi connectivity index (χ3n) is 3.01. The van der Waals surface area contributed by atoms with Gasteiger partial charge < -0.3 is 0 Å². The summed E-state index contributed by atoms with van der Waals surface area (Å²) in [5.74, 6) is 0. The number of hydrogen-bond acceptors (Lipinski definition) is 4. The van der Waals surface area contributed by atoms with Crippen LogP contribution in [0.25, 0.3) is 11.3 Å². The van der Waals surface area contributed by atoms with Crippen molar-refractivity contribution in [2.45, 2.75) is 0 Å². The highest BCUT2D eigenvalue weighted by atomic mass is 35.5. The number of thiazole rings is 1. The summed E-state index contributed by atoms with van der Waals surface area (Å²) in [4.78, 5) is 9.32. The summed E-state index contributed by atoms with van der Waals surface area (Å²) in [5.41, 5.74) is 2.80. The van der Waals surface area contributed by atoms with Gasteiger partial charge in [-0.1, -0.05) is 29.8 Å². The fourth-order valence-electron chi connectivity index (χ4n) is 1.95. The summed E-state index contributed by atoms with van der Waals surface area (Å²) < 4.78 is 1.81. The van der Waals surface area contributed by atoms with Gasteiger partial charge >= 0.3 is 0 Å². The molecule has 6 heteroatoms. The molecule has 0 unspecified atom stereocenters. The van der Waals surface area contributed by atoms with Crippen LogP contribution in [-0.4, -0.2) is 22.9 Å². The van der Waals surface area contributed by atoms with Crippen LogP contribution in [0, 0.1) is 0 Å². The Balaban J connectivity index is 2.05. The Labute approximate surface area is 137 Å². The Morgan fingerprint density at radius 1 is 1.18 bits per heavy atom. The van der Waals surface area contributed by atoms with Crippen LogP contribution in [0.2, 0.25) is 5.02 Å². The van der Waals surface area contributed by atoms with Crippen molar-refractivity contribution in [2.75, 3.05) is 7.05 Å². The molecule has 0 aliphatic carbocycles. The van der Waals surface area contributed by atoms with Gasteiger partial charge in [-0.2, -0.15) is 5.10 Å². The van der Waals surface area contributed by atoms with E-state index in [1.165, 1.54) is 11.3 Å². The molecule has 0 aliphatic heterocycles. The van der Waals surface area contributed by atoms with Crippen LogP contribution in [0.15, 0.2) is 64.1 Å². The van der Waals surface area contributed by atoms with Crippen molar-refractivity contribution in [3.63, 3.8) is 0 Å². The molecule has 2 heterocycles. The van der Waals surface area contributed by atoms with E-state index in [0.29, 0.717) is 5.02 Å². The van der Waals surface area contributed by atoms with Crippen LogP contribution in [0.3, 0.4) is 0 Å². The predicted molar refractivity (Wildman–Crippen MR) is 91.5 cm³/mol. The average Bonchev–Trinajstić information content (AvgIpc) is 2.97. The van der Waals surface area contributed by atoms with E-state index in [9.17, 15) is 0 Å². The second-order valence-corrected chi connectivity index (χ2v) is 5.72. The lowest BCUT2D eigenvalue weighted by Crippen LogP contribution is -2.11. The van der Waals surface area contributed by atoms with Gasteiger partial charge in [-0.15, -0.1) is 11.3 Å². The summed E-state index contributed by atoms with van der Waals surface area (Å²) in [6, 6.07) is 13.4. The first kappa shape index (κ1) is 14.7. The van der Waals surface area contributed by atoms with E-state index >= 15 is 0 Å². The molecule has 0 saturated heterocycles. The second-order valence-electron chi connectivity index (χ2n) is 4.44. The molecule has 0 atom stereocenters. The largest absolute Gasteiger partial charge is 0.261 e. The Morgan fingerprint density at radius 3 is 2.68 bits per heavy atom. The summed E-state index contributed by atoms with van der Waals surface area (Å²) in [7, 11) is 1.75. The van der Waals surface area contributed by atoms with Crippen molar-refractivity contribution >= 4 is 29.2 Å². The van der Waals surface area contributed by atoms with E-state index in [1.807, 2.05) is 52.5 Å².